The van der Waals surface area contributed by atoms with Gasteiger partial charge in [-0.25, -0.2) is 0 Å². The van der Waals surface area contributed by atoms with Crippen molar-refractivity contribution in [2.24, 2.45) is 11.3 Å². The Kier molecular flexibility index (Phi) is 2.91. The van der Waals surface area contributed by atoms with Crippen LogP contribution in [-0.4, -0.2) is 33.2 Å². The Morgan fingerprint density at radius 1 is 1.05 bits per heavy atom. The third-order valence-electron chi connectivity index (χ3n) is 4.31. The summed E-state index contributed by atoms with van der Waals surface area (Å²) in [4.78, 5) is 37.4. The van der Waals surface area contributed by atoms with Gasteiger partial charge in [-0.1, -0.05) is 38.1 Å². The molecule has 22 heavy (non-hydrogen) atoms. The zero-order valence-corrected chi connectivity index (χ0v) is 12.3. The molecule has 0 amide bonds. The first kappa shape index (κ1) is 14.7. The maximum absolute atomic E-state index is 12.5. The Bertz CT molecular complexity index is 706. The highest BCUT2D eigenvalue weighted by molar-refractivity contribution is 6.33. The lowest BCUT2D eigenvalue weighted by Gasteiger charge is -2.35. The molecule has 1 atom stereocenters. The van der Waals surface area contributed by atoms with Gasteiger partial charge < -0.3 is 10.2 Å². The van der Waals surface area contributed by atoms with Crippen LogP contribution in [0, 0.1) is 11.3 Å². The molecule has 3 rings (SSSR count). The Balaban J connectivity index is 2.15. The van der Waals surface area contributed by atoms with Gasteiger partial charge in [0.25, 0.3) is 0 Å². The van der Waals surface area contributed by atoms with E-state index in [1.54, 1.807) is 26.0 Å². The zero-order chi connectivity index (χ0) is 16.3. The van der Waals surface area contributed by atoms with Crippen molar-refractivity contribution >= 4 is 17.3 Å². The molecule has 0 saturated heterocycles. The van der Waals surface area contributed by atoms with Crippen LogP contribution in [0.2, 0.25) is 0 Å². The van der Waals surface area contributed by atoms with E-state index in [9.17, 15) is 24.6 Å². The molecule has 1 aromatic carbocycles. The number of rotatable bonds is 1. The van der Waals surface area contributed by atoms with Crippen LogP contribution in [0.15, 0.2) is 36.1 Å². The van der Waals surface area contributed by atoms with E-state index in [4.69, 9.17) is 0 Å². The number of carbonyl (C=O) groups excluding carboxylic acids is 3. The van der Waals surface area contributed by atoms with Crippen LogP contribution in [0.25, 0.3) is 0 Å². The van der Waals surface area contributed by atoms with Crippen molar-refractivity contribution < 1.29 is 24.6 Å². The number of hydrogen-bond acceptors (Lipinski definition) is 5. The summed E-state index contributed by atoms with van der Waals surface area (Å²) in [5.41, 5.74) is -2.95. The van der Waals surface area contributed by atoms with E-state index in [0.717, 1.165) is 0 Å². The molecule has 2 aliphatic carbocycles. The number of hydrogen-bond donors (Lipinski definition) is 2. The number of Topliss-reactive ketones (excluding diaryl/α,β-unsaturated/α-hetero) is 3. The number of benzene rings is 1. The smallest absolute Gasteiger partial charge is 0.207 e. The first-order chi connectivity index (χ1) is 10.2. The Hall–Kier alpha value is -2.27. The van der Waals surface area contributed by atoms with Crippen LogP contribution in [0.3, 0.4) is 0 Å². The molecule has 0 heterocycles. The number of carbonyl (C=O) groups is 3. The van der Waals surface area contributed by atoms with E-state index in [0.29, 0.717) is 0 Å². The third-order valence-corrected chi connectivity index (χ3v) is 4.31. The summed E-state index contributed by atoms with van der Waals surface area (Å²) < 4.78 is 0. The number of ketones is 3. The topological polar surface area (TPSA) is 91.7 Å². The molecule has 5 heteroatoms. The Labute approximate surface area is 127 Å². The van der Waals surface area contributed by atoms with Crippen molar-refractivity contribution in [3.05, 3.63) is 47.2 Å². The van der Waals surface area contributed by atoms with Gasteiger partial charge in [-0.3, -0.25) is 14.4 Å². The summed E-state index contributed by atoms with van der Waals surface area (Å²) in [5.74, 6) is -4.12. The molecule has 0 aromatic heterocycles. The fourth-order valence-electron chi connectivity index (χ4n) is 3.35. The largest absolute Gasteiger partial charge is 0.512 e. The lowest BCUT2D eigenvalue weighted by molar-refractivity contribution is -0.130. The fourth-order valence-corrected chi connectivity index (χ4v) is 3.35. The molecule has 2 N–H and O–H groups in total. The molecule has 1 aromatic rings. The number of aliphatic hydroxyl groups excluding tert-OH is 1. The summed E-state index contributed by atoms with van der Waals surface area (Å²) in [7, 11) is 0. The van der Waals surface area contributed by atoms with Crippen LogP contribution in [0.4, 0.5) is 0 Å². The second kappa shape index (κ2) is 4.36. The van der Waals surface area contributed by atoms with Crippen LogP contribution in [0.1, 0.15) is 41.0 Å². The lowest BCUT2D eigenvalue weighted by Crippen LogP contribution is -2.54. The van der Waals surface area contributed by atoms with Crippen LogP contribution >= 0.6 is 0 Å². The summed E-state index contributed by atoms with van der Waals surface area (Å²) >= 11 is 0. The Morgan fingerprint density at radius 3 is 2.00 bits per heavy atom. The fraction of sp³-hybridized carbons (Fsp3) is 0.353. The second-order valence-corrected chi connectivity index (χ2v) is 6.60. The average molecular weight is 300 g/mol. The van der Waals surface area contributed by atoms with Crippen molar-refractivity contribution in [1.29, 1.82) is 0 Å². The van der Waals surface area contributed by atoms with Gasteiger partial charge in [0.1, 0.15) is 17.5 Å². The summed E-state index contributed by atoms with van der Waals surface area (Å²) in [6, 6.07) is 6.03. The van der Waals surface area contributed by atoms with E-state index < -0.39 is 40.0 Å². The highest BCUT2D eigenvalue weighted by Gasteiger charge is 2.61. The van der Waals surface area contributed by atoms with E-state index >= 15 is 0 Å². The van der Waals surface area contributed by atoms with Crippen LogP contribution in [0.5, 0.6) is 0 Å². The van der Waals surface area contributed by atoms with Gasteiger partial charge in [-0.15, -0.1) is 0 Å². The molecule has 0 spiro atoms. The van der Waals surface area contributed by atoms with E-state index in [2.05, 4.69) is 0 Å². The molecule has 1 unspecified atom stereocenters. The van der Waals surface area contributed by atoms with Crippen molar-refractivity contribution in [3.8, 4) is 0 Å². The molecule has 0 saturated carbocycles. The van der Waals surface area contributed by atoms with E-state index in [1.807, 2.05) is 0 Å². The minimum atomic E-state index is -2.54. The monoisotopic (exact) mass is 300 g/mol. The number of fused-ring (bicyclic) bond motifs is 1. The molecule has 0 bridgehead atoms. The van der Waals surface area contributed by atoms with Gasteiger partial charge in [0.2, 0.25) is 17.2 Å². The maximum atomic E-state index is 12.5. The summed E-state index contributed by atoms with van der Waals surface area (Å²) in [6.45, 7) is 3.52. The standard InChI is InChI=1S/C17H16O5/c1-16(2)7-11(18)13(12(19)8-16)17(22)14(20)9-5-3-4-6-10(9)15(17)21/h3-7,13,18,22H,8H2,1-2H3. The molecule has 0 fully saturated rings. The van der Waals surface area contributed by atoms with Crippen molar-refractivity contribution in [2.45, 2.75) is 25.9 Å². The van der Waals surface area contributed by atoms with Crippen LogP contribution < -0.4 is 0 Å². The predicted molar refractivity (Wildman–Crippen MR) is 77.7 cm³/mol. The molecular formula is C17H16O5. The highest BCUT2D eigenvalue weighted by Crippen LogP contribution is 2.43. The van der Waals surface area contributed by atoms with Crippen molar-refractivity contribution in [1.82, 2.24) is 0 Å². The van der Waals surface area contributed by atoms with Crippen molar-refractivity contribution in [2.75, 3.05) is 0 Å². The molecule has 114 valence electrons. The first-order valence-corrected chi connectivity index (χ1v) is 7.04. The summed E-state index contributed by atoms with van der Waals surface area (Å²) in [5, 5.41) is 21.0. The summed E-state index contributed by atoms with van der Waals surface area (Å²) in [6.07, 6.45) is 1.47. The van der Waals surface area contributed by atoms with E-state index in [1.165, 1.54) is 18.2 Å². The molecule has 2 aliphatic rings. The van der Waals surface area contributed by atoms with Gasteiger partial charge in [-0.2, -0.15) is 0 Å². The van der Waals surface area contributed by atoms with Crippen LogP contribution in [-0.2, 0) is 4.79 Å². The van der Waals surface area contributed by atoms with E-state index in [-0.39, 0.29) is 17.5 Å². The molecule has 0 aliphatic heterocycles. The van der Waals surface area contributed by atoms with Gasteiger partial charge in [0.05, 0.1) is 0 Å². The Morgan fingerprint density at radius 2 is 1.55 bits per heavy atom. The maximum Gasteiger partial charge on any atom is 0.207 e. The highest BCUT2D eigenvalue weighted by atomic mass is 16.3. The quantitative estimate of drug-likeness (QED) is 0.772. The predicted octanol–water partition coefficient (Wildman–Crippen LogP) is 1.85. The third kappa shape index (κ3) is 1.78. The first-order valence-electron chi connectivity index (χ1n) is 7.04. The normalized spacial score (nSPS) is 25.9. The number of allylic oxidation sites excluding steroid dienone is 1. The zero-order valence-electron chi connectivity index (χ0n) is 12.3. The van der Waals surface area contributed by atoms with Gasteiger partial charge >= 0.3 is 0 Å². The van der Waals surface area contributed by atoms with Crippen molar-refractivity contribution in [3.63, 3.8) is 0 Å². The van der Waals surface area contributed by atoms with Gasteiger partial charge in [-0.05, 0) is 11.5 Å². The van der Waals surface area contributed by atoms with Gasteiger partial charge in [0.15, 0.2) is 0 Å². The average Bonchev–Trinajstić information content (AvgIpc) is 2.60. The lowest BCUT2D eigenvalue weighted by atomic mass is 9.69. The van der Waals surface area contributed by atoms with Gasteiger partial charge in [0, 0.05) is 17.5 Å². The molecule has 0 radical (unpaired) electrons. The number of aliphatic hydroxyl groups is 2. The SMILES string of the molecule is CC1(C)C=C(O)C(C2(O)C(=O)c3ccccc3C2=O)C(=O)C1. The minimum absolute atomic E-state index is 0.0426. The molecular weight excluding hydrogens is 284 g/mol. The minimum Gasteiger partial charge on any atom is -0.512 e. The second-order valence-electron chi connectivity index (χ2n) is 6.60. The molecule has 5 nitrogen and oxygen atoms in total.